The van der Waals surface area contributed by atoms with Gasteiger partial charge in [-0.2, -0.15) is 0 Å². The van der Waals surface area contributed by atoms with Crippen LogP contribution in [0, 0.1) is 0 Å². The summed E-state index contributed by atoms with van der Waals surface area (Å²) >= 11 is 0. The van der Waals surface area contributed by atoms with Crippen LogP contribution >= 0.6 is 0 Å². The second-order valence-corrected chi connectivity index (χ2v) is 4.56. The number of aromatic nitrogens is 10. The van der Waals surface area contributed by atoms with Gasteiger partial charge < -0.3 is 0 Å². The van der Waals surface area contributed by atoms with Crippen LogP contribution in [0.15, 0.2) is 49.6 Å². The van der Waals surface area contributed by atoms with Gasteiger partial charge in [0.15, 0.2) is 23.0 Å². The lowest BCUT2D eigenvalue weighted by Crippen LogP contribution is -2.02. The van der Waals surface area contributed by atoms with Crippen LogP contribution < -0.4 is 0 Å². The van der Waals surface area contributed by atoms with Crippen LogP contribution in [0.2, 0.25) is 0 Å². The predicted octanol–water partition coefficient (Wildman–Crippen LogP) is -0.341. The number of nitrogens with zero attached hydrogens (tertiary/aromatic N) is 10. The number of rotatable bonds is 4. The van der Waals surface area contributed by atoms with E-state index >= 15 is 0 Å². The van der Waals surface area contributed by atoms with E-state index < -0.39 is 5.78 Å². The minimum atomic E-state index is -0.407. The smallest absolute Gasteiger partial charge is 0.236 e. The van der Waals surface area contributed by atoms with E-state index in [4.69, 9.17) is 0 Å². The lowest BCUT2D eigenvalue weighted by atomic mass is 10.2. The van der Waals surface area contributed by atoms with Crippen LogP contribution in [-0.4, -0.2) is 55.7 Å². The molecule has 0 aliphatic heterocycles. The molecule has 0 bridgehead atoms. The monoisotopic (exact) mass is 320 g/mol. The van der Waals surface area contributed by atoms with E-state index in [0.29, 0.717) is 11.6 Å². The van der Waals surface area contributed by atoms with Crippen molar-refractivity contribution in [2.24, 2.45) is 0 Å². The summed E-state index contributed by atoms with van der Waals surface area (Å²) in [7, 11) is 0. The third-order valence-electron chi connectivity index (χ3n) is 3.05. The lowest BCUT2D eigenvalue weighted by Gasteiger charge is -1.95. The van der Waals surface area contributed by atoms with Gasteiger partial charge >= 0.3 is 0 Å². The Morgan fingerprint density at radius 2 is 1.29 bits per heavy atom. The molecule has 4 aromatic rings. The summed E-state index contributed by atoms with van der Waals surface area (Å²) in [6, 6.07) is 3.29. The second kappa shape index (κ2) is 5.72. The molecule has 0 saturated heterocycles. The summed E-state index contributed by atoms with van der Waals surface area (Å²) < 4.78 is 2.76. The van der Waals surface area contributed by atoms with Crippen LogP contribution in [-0.2, 0) is 0 Å². The number of hydrogen-bond acceptors (Lipinski definition) is 9. The SMILES string of the molecule is O=C(c1cn(-c2ccncn2)nn1)c1cn(-c2ccncn2)nn1. The zero-order valence-electron chi connectivity index (χ0n) is 12.0. The van der Waals surface area contributed by atoms with Crippen molar-refractivity contribution in [2.45, 2.75) is 0 Å². The van der Waals surface area contributed by atoms with Crippen LogP contribution in [0.25, 0.3) is 11.6 Å². The lowest BCUT2D eigenvalue weighted by molar-refractivity contribution is 0.102. The molecule has 0 N–H and O–H groups in total. The average molecular weight is 320 g/mol. The molecule has 4 heterocycles. The highest BCUT2D eigenvalue weighted by molar-refractivity contribution is 6.05. The van der Waals surface area contributed by atoms with Crippen LogP contribution in [0.5, 0.6) is 0 Å². The third kappa shape index (κ3) is 2.49. The average Bonchev–Trinajstić information content (AvgIpc) is 3.33. The van der Waals surface area contributed by atoms with Gasteiger partial charge in [-0.25, -0.2) is 29.3 Å². The number of hydrogen-bond donors (Lipinski definition) is 0. The van der Waals surface area contributed by atoms with Gasteiger partial charge in [-0.05, 0) is 0 Å². The van der Waals surface area contributed by atoms with Crippen molar-refractivity contribution in [1.29, 1.82) is 0 Å². The van der Waals surface area contributed by atoms with E-state index in [9.17, 15) is 4.79 Å². The molecule has 0 unspecified atom stereocenters. The number of carbonyl (C=O) groups is 1. The first-order valence-corrected chi connectivity index (χ1v) is 6.73. The summed E-state index contributed by atoms with van der Waals surface area (Å²) in [6.07, 6.45) is 8.83. The third-order valence-corrected chi connectivity index (χ3v) is 3.05. The highest BCUT2D eigenvalue weighted by Crippen LogP contribution is 2.08. The van der Waals surface area contributed by atoms with Gasteiger partial charge in [0.05, 0.1) is 12.4 Å². The fourth-order valence-electron chi connectivity index (χ4n) is 1.93. The topological polar surface area (TPSA) is 130 Å². The van der Waals surface area contributed by atoms with Gasteiger partial charge in [0, 0.05) is 24.5 Å². The molecule has 0 atom stereocenters. The van der Waals surface area contributed by atoms with Crippen LogP contribution in [0.1, 0.15) is 16.2 Å². The van der Waals surface area contributed by atoms with Gasteiger partial charge in [-0.15, -0.1) is 10.2 Å². The Bertz CT molecular complexity index is 898. The zero-order valence-corrected chi connectivity index (χ0v) is 12.0. The van der Waals surface area contributed by atoms with Crippen molar-refractivity contribution >= 4 is 5.78 Å². The first-order valence-electron chi connectivity index (χ1n) is 6.73. The van der Waals surface area contributed by atoms with Gasteiger partial charge in [0.25, 0.3) is 0 Å². The molecule has 4 aromatic heterocycles. The zero-order chi connectivity index (χ0) is 16.4. The number of carbonyl (C=O) groups excluding carboxylic acids is 1. The molecule has 11 nitrogen and oxygen atoms in total. The van der Waals surface area contributed by atoms with E-state index in [1.807, 2.05) is 0 Å². The summed E-state index contributed by atoms with van der Waals surface area (Å²) in [6.45, 7) is 0. The Labute approximate surface area is 134 Å². The molecule has 4 rings (SSSR count). The maximum atomic E-state index is 12.4. The summed E-state index contributed by atoms with van der Waals surface area (Å²) in [5.41, 5.74) is 0.256. The molecule has 0 fully saturated rings. The maximum absolute atomic E-state index is 12.4. The van der Waals surface area contributed by atoms with Crippen molar-refractivity contribution in [1.82, 2.24) is 49.9 Å². The summed E-state index contributed by atoms with van der Waals surface area (Å²) in [4.78, 5) is 28.1. The molecule has 24 heavy (non-hydrogen) atoms. The Morgan fingerprint density at radius 1 is 0.792 bits per heavy atom. The Hall–Kier alpha value is -3.89. The van der Waals surface area contributed by atoms with E-state index in [-0.39, 0.29) is 11.4 Å². The van der Waals surface area contributed by atoms with E-state index in [2.05, 4.69) is 40.6 Å². The van der Waals surface area contributed by atoms with Crippen molar-refractivity contribution in [3.63, 3.8) is 0 Å². The highest BCUT2D eigenvalue weighted by Gasteiger charge is 2.18. The van der Waals surface area contributed by atoms with Gasteiger partial charge in [-0.3, -0.25) is 4.79 Å². The molecular weight excluding hydrogens is 312 g/mol. The van der Waals surface area contributed by atoms with E-state index in [1.165, 1.54) is 34.4 Å². The van der Waals surface area contributed by atoms with Gasteiger partial charge in [-0.1, -0.05) is 10.4 Å². The fourth-order valence-corrected chi connectivity index (χ4v) is 1.93. The maximum Gasteiger partial charge on any atom is 0.236 e. The van der Waals surface area contributed by atoms with Crippen molar-refractivity contribution < 1.29 is 4.79 Å². The van der Waals surface area contributed by atoms with Crippen LogP contribution in [0.3, 0.4) is 0 Å². The van der Waals surface area contributed by atoms with Gasteiger partial charge in [0.2, 0.25) is 5.78 Å². The molecule has 0 amide bonds. The van der Waals surface area contributed by atoms with Crippen molar-refractivity contribution in [3.8, 4) is 11.6 Å². The van der Waals surface area contributed by atoms with Gasteiger partial charge in [0.1, 0.15) is 12.7 Å². The van der Waals surface area contributed by atoms with Crippen LogP contribution in [0.4, 0.5) is 0 Å². The van der Waals surface area contributed by atoms with Crippen molar-refractivity contribution in [3.05, 3.63) is 61.0 Å². The van der Waals surface area contributed by atoms with E-state index in [1.54, 1.807) is 24.5 Å². The molecule has 0 radical (unpaired) electrons. The first kappa shape index (κ1) is 13.8. The molecule has 0 aliphatic carbocycles. The first-order chi connectivity index (χ1) is 11.8. The number of ketones is 1. The Balaban J connectivity index is 1.61. The molecular formula is C13H8N10O. The Morgan fingerprint density at radius 3 is 1.71 bits per heavy atom. The largest absolute Gasteiger partial charge is 0.285 e. The normalized spacial score (nSPS) is 10.7. The molecule has 0 aliphatic rings. The second-order valence-electron chi connectivity index (χ2n) is 4.56. The molecule has 0 aromatic carbocycles. The van der Waals surface area contributed by atoms with E-state index in [0.717, 1.165) is 0 Å². The molecule has 0 spiro atoms. The molecule has 116 valence electrons. The minimum Gasteiger partial charge on any atom is -0.285 e. The summed E-state index contributed by atoms with van der Waals surface area (Å²) in [5, 5.41) is 15.5. The summed E-state index contributed by atoms with van der Waals surface area (Å²) in [5.74, 6) is 0.595. The fraction of sp³-hybridized carbons (Fsp3) is 0. The Kier molecular flexibility index (Phi) is 3.28. The highest BCUT2D eigenvalue weighted by atomic mass is 16.1. The quantitative estimate of drug-likeness (QED) is 0.463. The molecule has 0 saturated carbocycles. The molecule has 11 heteroatoms. The minimum absolute atomic E-state index is 0.128. The van der Waals surface area contributed by atoms with Crippen molar-refractivity contribution in [2.75, 3.05) is 0 Å². The standard InChI is InChI=1S/C13H8N10O/c24-13(9-5-22(20-18-9)11-1-3-14-7-16-11)10-6-23(21-19-10)12-2-4-15-8-17-12/h1-8H. The predicted molar refractivity (Wildman–Crippen MR) is 77.3 cm³/mol.